The summed E-state index contributed by atoms with van der Waals surface area (Å²) in [6.45, 7) is 0. The molecule has 1 N–H and O–H groups in total. The van der Waals surface area contributed by atoms with E-state index >= 15 is 0 Å². The zero-order valence-corrected chi connectivity index (χ0v) is 6.72. The molecule has 0 saturated carbocycles. The van der Waals surface area contributed by atoms with Gasteiger partial charge in [0.2, 0.25) is 0 Å². The molecule has 0 aliphatic heterocycles. The number of halogens is 3. The number of ether oxygens (including phenoxy) is 1. The summed E-state index contributed by atoms with van der Waals surface area (Å²) in [7, 11) is 1.09. The molecule has 5 heteroatoms. The van der Waals surface area contributed by atoms with Gasteiger partial charge in [0.25, 0.3) is 0 Å². The van der Waals surface area contributed by atoms with Crippen LogP contribution in [0.5, 0.6) is 0 Å². The van der Waals surface area contributed by atoms with Crippen LogP contribution < -0.4 is 0 Å². The zero-order chi connectivity index (χ0) is 10.0. The first-order valence-corrected chi connectivity index (χ1v) is 3.41. The summed E-state index contributed by atoms with van der Waals surface area (Å²) in [5.41, 5.74) is -0.556. The summed E-state index contributed by atoms with van der Waals surface area (Å²) in [6, 6.07) is 1.06. The van der Waals surface area contributed by atoms with Gasteiger partial charge in [0.1, 0.15) is 5.82 Å². The minimum atomic E-state index is -1.66. The molecule has 0 radical (unpaired) electrons. The maximum Gasteiger partial charge on any atom is 0.183 e. The van der Waals surface area contributed by atoms with E-state index in [1.165, 1.54) is 0 Å². The zero-order valence-electron chi connectivity index (χ0n) is 6.72. The van der Waals surface area contributed by atoms with E-state index in [0.29, 0.717) is 12.1 Å². The summed E-state index contributed by atoms with van der Waals surface area (Å²) in [6.07, 6.45) is -1.66. The van der Waals surface area contributed by atoms with Gasteiger partial charge in [0.05, 0.1) is 0 Å². The van der Waals surface area contributed by atoms with Gasteiger partial charge in [0, 0.05) is 18.7 Å². The van der Waals surface area contributed by atoms with E-state index in [1.807, 2.05) is 0 Å². The number of hydrogen-bond donors (Lipinski definition) is 1. The second-order valence-electron chi connectivity index (χ2n) is 2.38. The van der Waals surface area contributed by atoms with E-state index in [2.05, 4.69) is 4.74 Å². The molecule has 0 heterocycles. The molecule has 1 aromatic carbocycles. The Hall–Kier alpha value is -1.07. The summed E-state index contributed by atoms with van der Waals surface area (Å²) >= 11 is 0. The van der Waals surface area contributed by atoms with Crippen LogP contribution in [0.15, 0.2) is 12.1 Å². The Bertz CT molecular complexity index is 315. The number of aliphatic hydroxyl groups is 1. The van der Waals surface area contributed by atoms with E-state index in [9.17, 15) is 13.2 Å². The smallest absolute Gasteiger partial charge is 0.183 e. The molecule has 2 nitrogen and oxygen atoms in total. The third-order valence-electron chi connectivity index (χ3n) is 1.51. The van der Waals surface area contributed by atoms with E-state index in [0.717, 1.165) is 7.11 Å². The van der Waals surface area contributed by atoms with Crippen molar-refractivity contribution in [1.29, 1.82) is 0 Å². The molecular weight excluding hydrogens is 185 g/mol. The molecule has 0 aliphatic carbocycles. The molecule has 0 aromatic heterocycles. The molecule has 0 fully saturated rings. The minimum Gasteiger partial charge on any atom is -0.364 e. The van der Waals surface area contributed by atoms with Crippen molar-refractivity contribution < 1.29 is 23.0 Å². The van der Waals surface area contributed by atoms with Gasteiger partial charge in [-0.15, -0.1) is 0 Å². The molecule has 1 atom stereocenters. The van der Waals surface area contributed by atoms with Crippen LogP contribution in [0.2, 0.25) is 0 Å². The summed E-state index contributed by atoms with van der Waals surface area (Å²) < 4.78 is 42.2. The number of methoxy groups -OCH3 is 1. The Kier molecular flexibility index (Phi) is 2.90. The Balaban J connectivity index is 3.20. The van der Waals surface area contributed by atoms with Gasteiger partial charge >= 0.3 is 0 Å². The second kappa shape index (κ2) is 3.76. The van der Waals surface area contributed by atoms with Crippen LogP contribution in [0.25, 0.3) is 0 Å². The highest BCUT2D eigenvalue weighted by Crippen LogP contribution is 2.21. The normalized spacial score (nSPS) is 13.0. The highest BCUT2D eigenvalue weighted by molar-refractivity contribution is 5.21. The number of rotatable bonds is 2. The third kappa shape index (κ3) is 1.99. The summed E-state index contributed by atoms with van der Waals surface area (Å²) in [4.78, 5) is 0. The molecule has 1 unspecified atom stereocenters. The van der Waals surface area contributed by atoms with Crippen molar-refractivity contribution in [2.24, 2.45) is 0 Å². The number of benzene rings is 1. The number of aliphatic hydroxyl groups excluding tert-OH is 1. The molecule has 1 aromatic rings. The van der Waals surface area contributed by atoms with Gasteiger partial charge in [0.15, 0.2) is 17.9 Å². The van der Waals surface area contributed by atoms with Crippen molar-refractivity contribution in [2.45, 2.75) is 6.29 Å². The van der Waals surface area contributed by atoms with Crippen molar-refractivity contribution in [3.8, 4) is 0 Å². The molecule has 72 valence electrons. The maximum absolute atomic E-state index is 12.8. The van der Waals surface area contributed by atoms with Crippen LogP contribution in [0.3, 0.4) is 0 Å². The van der Waals surface area contributed by atoms with E-state index in [-0.39, 0.29) is 0 Å². The number of hydrogen-bond acceptors (Lipinski definition) is 2. The lowest BCUT2D eigenvalue weighted by Gasteiger charge is -2.09. The summed E-state index contributed by atoms with van der Waals surface area (Å²) in [5, 5.41) is 8.96. The Morgan fingerprint density at radius 1 is 1.31 bits per heavy atom. The van der Waals surface area contributed by atoms with Gasteiger partial charge in [-0.25, -0.2) is 13.2 Å². The van der Waals surface area contributed by atoms with Crippen LogP contribution in [0, 0.1) is 17.5 Å². The van der Waals surface area contributed by atoms with Gasteiger partial charge in [-0.1, -0.05) is 0 Å². The van der Waals surface area contributed by atoms with Gasteiger partial charge in [-0.2, -0.15) is 0 Å². The highest BCUT2D eigenvalue weighted by Gasteiger charge is 2.17. The molecular formula is C8H7F3O2. The monoisotopic (exact) mass is 192 g/mol. The predicted octanol–water partition coefficient (Wildman–Crippen LogP) is 1.74. The first-order valence-electron chi connectivity index (χ1n) is 3.41. The maximum atomic E-state index is 12.8. The molecule has 0 aliphatic rings. The van der Waals surface area contributed by atoms with Crippen molar-refractivity contribution in [3.63, 3.8) is 0 Å². The van der Waals surface area contributed by atoms with Gasteiger partial charge in [-0.05, 0) is 6.07 Å². The lowest BCUT2D eigenvalue weighted by atomic mass is 10.2. The third-order valence-corrected chi connectivity index (χ3v) is 1.51. The first-order chi connectivity index (χ1) is 6.06. The van der Waals surface area contributed by atoms with Gasteiger partial charge < -0.3 is 9.84 Å². The highest BCUT2D eigenvalue weighted by atomic mass is 19.2. The predicted molar refractivity (Wildman–Crippen MR) is 38.3 cm³/mol. The van der Waals surface area contributed by atoms with E-state index < -0.39 is 29.3 Å². The van der Waals surface area contributed by atoms with Crippen molar-refractivity contribution >= 4 is 0 Å². The Labute approximate surface area is 72.6 Å². The molecule has 0 bridgehead atoms. The van der Waals surface area contributed by atoms with Crippen LogP contribution >= 0.6 is 0 Å². The van der Waals surface area contributed by atoms with E-state index in [1.54, 1.807) is 0 Å². The van der Waals surface area contributed by atoms with Crippen molar-refractivity contribution in [2.75, 3.05) is 7.11 Å². The first kappa shape index (κ1) is 10.0. The SMILES string of the molecule is COC(O)c1cc(F)cc(F)c1F. The fraction of sp³-hybridized carbons (Fsp3) is 0.250. The van der Waals surface area contributed by atoms with Gasteiger partial charge in [-0.3, -0.25) is 0 Å². The Morgan fingerprint density at radius 2 is 1.92 bits per heavy atom. The lowest BCUT2D eigenvalue weighted by molar-refractivity contribution is -0.0795. The average molecular weight is 192 g/mol. The quantitative estimate of drug-likeness (QED) is 0.571. The van der Waals surface area contributed by atoms with Crippen LogP contribution in [0.4, 0.5) is 13.2 Å². The van der Waals surface area contributed by atoms with E-state index in [4.69, 9.17) is 5.11 Å². The fourth-order valence-corrected chi connectivity index (χ4v) is 0.883. The fourth-order valence-electron chi connectivity index (χ4n) is 0.883. The van der Waals surface area contributed by atoms with Crippen LogP contribution in [-0.4, -0.2) is 12.2 Å². The summed E-state index contributed by atoms with van der Waals surface area (Å²) in [5.74, 6) is -3.63. The Morgan fingerprint density at radius 3 is 2.46 bits per heavy atom. The minimum absolute atomic E-state index is 0.390. The molecule has 0 saturated heterocycles. The topological polar surface area (TPSA) is 29.5 Å². The second-order valence-corrected chi connectivity index (χ2v) is 2.38. The van der Waals surface area contributed by atoms with Crippen molar-refractivity contribution in [1.82, 2.24) is 0 Å². The molecule has 1 rings (SSSR count). The molecule has 0 spiro atoms. The van der Waals surface area contributed by atoms with Crippen LogP contribution in [0.1, 0.15) is 11.9 Å². The molecule has 13 heavy (non-hydrogen) atoms. The standard InChI is InChI=1S/C8H7F3O2/c1-13-8(12)5-2-4(9)3-6(10)7(5)11/h2-3,8,12H,1H3. The largest absolute Gasteiger partial charge is 0.364 e. The van der Waals surface area contributed by atoms with Crippen molar-refractivity contribution in [3.05, 3.63) is 35.1 Å². The lowest BCUT2D eigenvalue weighted by Crippen LogP contribution is -2.05. The average Bonchev–Trinajstić information content (AvgIpc) is 2.10. The molecule has 0 amide bonds. The van der Waals surface area contributed by atoms with Crippen LogP contribution in [-0.2, 0) is 4.74 Å².